The van der Waals surface area contributed by atoms with Gasteiger partial charge >= 0.3 is 0 Å². The number of benzene rings is 1. The number of fused-ring (bicyclic) bond motifs is 1. The maximum atomic E-state index is 12.2. The molecule has 0 spiro atoms. The Morgan fingerprint density at radius 3 is 2.73 bits per heavy atom. The smallest absolute Gasteiger partial charge is 0.224 e. The first-order valence-corrected chi connectivity index (χ1v) is 7.83. The molecule has 0 fully saturated rings. The highest BCUT2D eigenvalue weighted by molar-refractivity contribution is 5.88. The van der Waals surface area contributed by atoms with Crippen molar-refractivity contribution in [2.75, 3.05) is 7.11 Å². The highest BCUT2D eigenvalue weighted by atomic mass is 16.5. The molecule has 0 saturated carbocycles. The average Bonchev–Trinajstić information content (AvgIpc) is 2.87. The van der Waals surface area contributed by atoms with Gasteiger partial charge in [0.1, 0.15) is 11.3 Å². The average molecular weight is 303 g/mol. The first-order chi connectivity index (χ1) is 10.5. The van der Waals surface area contributed by atoms with Gasteiger partial charge in [0, 0.05) is 23.1 Å². The SMILES string of the molecule is COc1ccc2c(CC(=O)N[C@@H](C)CCC(C)C)coc2c1. The lowest BCUT2D eigenvalue weighted by molar-refractivity contribution is -0.121. The van der Waals surface area contributed by atoms with E-state index in [1.165, 1.54) is 0 Å². The van der Waals surface area contributed by atoms with E-state index in [9.17, 15) is 4.79 Å². The van der Waals surface area contributed by atoms with Crippen molar-refractivity contribution < 1.29 is 13.9 Å². The number of carbonyl (C=O) groups is 1. The number of methoxy groups -OCH3 is 1. The molecule has 1 atom stereocenters. The molecule has 0 saturated heterocycles. The fourth-order valence-electron chi connectivity index (χ4n) is 2.48. The standard InChI is InChI=1S/C18H25NO3/c1-12(2)5-6-13(3)19-18(20)9-14-11-22-17-10-15(21-4)7-8-16(14)17/h7-8,10-13H,5-6,9H2,1-4H3,(H,19,20)/t13-/m0/s1. The van der Waals surface area contributed by atoms with Gasteiger partial charge in [0.25, 0.3) is 0 Å². The van der Waals surface area contributed by atoms with Crippen molar-refractivity contribution in [2.24, 2.45) is 5.92 Å². The van der Waals surface area contributed by atoms with Gasteiger partial charge in [-0.3, -0.25) is 4.79 Å². The van der Waals surface area contributed by atoms with Crippen molar-refractivity contribution in [2.45, 2.75) is 46.1 Å². The van der Waals surface area contributed by atoms with Crippen molar-refractivity contribution in [1.29, 1.82) is 0 Å². The van der Waals surface area contributed by atoms with Crippen molar-refractivity contribution in [3.8, 4) is 5.75 Å². The Morgan fingerprint density at radius 2 is 2.05 bits per heavy atom. The van der Waals surface area contributed by atoms with E-state index in [1.54, 1.807) is 13.4 Å². The van der Waals surface area contributed by atoms with Crippen LogP contribution in [-0.4, -0.2) is 19.1 Å². The Bertz CT molecular complexity index is 630. The van der Waals surface area contributed by atoms with Gasteiger partial charge in [-0.15, -0.1) is 0 Å². The van der Waals surface area contributed by atoms with E-state index in [2.05, 4.69) is 26.1 Å². The molecule has 1 amide bonds. The Morgan fingerprint density at radius 1 is 1.27 bits per heavy atom. The summed E-state index contributed by atoms with van der Waals surface area (Å²) in [5.74, 6) is 1.45. The van der Waals surface area contributed by atoms with Gasteiger partial charge in [-0.05, 0) is 37.8 Å². The van der Waals surface area contributed by atoms with Crippen molar-refractivity contribution >= 4 is 16.9 Å². The van der Waals surface area contributed by atoms with Gasteiger partial charge in [-0.25, -0.2) is 0 Å². The van der Waals surface area contributed by atoms with Crippen molar-refractivity contribution in [3.05, 3.63) is 30.0 Å². The summed E-state index contributed by atoms with van der Waals surface area (Å²) in [7, 11) is 1.62. The third-order valence-electron chi connectivity index (χ3n) is 3.80. The number of rotatable bonds is 7. The quantitative estimate of drug-likeness (QED) is 0.843. The summed E-state index contributed by atoms with van der Waals surface area (Å²) in [6.07, 6.45) is 4.12. The highest BCUT2D eigenvalue weighted by Crippen LogP contribution is 2.25. The van der Waals surface area contributed by atoms with E-state index in [1.807, 2.05) is 18.2 Å². The second-order valence-electron chi connectivity index (χ2n) is 6.24. The van der Waals surface area contributed by atoms with Crippen LogP contribution in [0.2, 0.25) is 0 Å². The third-order valence-corrected chi connectivity index (χ3v) is 3.80. The Hall–Kier alpha value is -1.97. The van der Waals surface area contributed by atoms with Crippen molar-refractivity contribution in [1.82, 2.24) is 5.32 Å². The zero-order chi connectivity index (χ0) is 16.1. The monoisotopic (exact) mass is 303 g/mol. The molecule has 1 heterocycles. The topological polar surface area (TPSA) is 51.5 Å². The van der Waals surface area contributed by atoms with E-state index in [0.717, 1.165) is 35.1 Å². The first kappa shape index (κ1) is 16.4. The Kier molecular flexibility index (Phi) is 5.47. The van der Waals surface area contributed by atoms with Crippen LogP contribution in [0.3, 0.4) is 0 Å². The number of nitrogens with one attached hydrogen (secondary N) is 1. The second-order valence-corrected chi connectivity index (χ2v) is 6.24. The van der Waals surface area contributed by atoms with Crippen molar-refractivity contribution in [3.63, 3.8) is 0 Å². The van der Waals surface area contributed by atoms with Crippen LogP contribution in [0.1, 0.15) is 39.2 Å². The van der Waals surface area contributed by atoms with Gasteiger partial charge < -0.3 is 14.5 Å². The largest absolute Gasteiger partial charge is 0.497 e. The minimum atomic E-state index is 0.0368. The van der Waals surface area contributed by atoms with E-state index >= 15 is 0 Å². The van der Waals surface area contributed by atoms with Crippen LogP contribution in [0.15, 0.2) is 28.9 Å². The minimum Gasteiger partial charge on any atom is -0.497 e. The molecular formula is C18H25NO3. The molecule has 0 bridgehead atoms. The molecule has 0 aliphatic rings. The molecule has 1 N–H and O–H groups in total. The van der Waals surface area contributed by atoms with Crippen LogP contribution >= 0.6 is 0 Å². The number of ether oxygens (including phenoxy) is 1. The van der Waals surface area contributed by atoms with Crippen LogP contribution in [0.5, 0.6) is 5.75 Å². The lowest BCUT2D eigenvalue weighted by atomic mass is 10.0. The summed E-state index contributed by atoms with van der Waals surface area (Å²) in [4.78, 5) is 12.2. The predicted molar refractivity (Wildman–Crippen MR) is 88.1 cm³/mol. The van der Waals surface area contributed by atoms with Crippen LogP contribution in [0.4, 0.5) is 0 Å². The molecule has 1 aromatic heterocycles. The van der Waals surface area contributed by atoms with Gasteiger partial charge in [-0.1, -0.05) is 13.8 Å². The molecule has 2 aromatic rings. The maximum absolute atomic E-state index is 12.2. The van der Waals surface area contributed by atoms with Crippen LogP contribution in [-0.2, 0) is 11.2 Å². The number of hydrogen-bond acceptors (Lipinski definition) is 3. The number of carbonyl (C=O) groups excluding carboxylic acids is 1. The molecule has 0 radical (unpaired) electrons. The summed E-state index contributed by atoms with van der Waals surface area (Å²) in [5.41, 5.74) is 1.65. The van der Waals surface area contributed by atoms with Gasteiger partial charge in [0.05, 0.1) is 19.8 Å². The van der Waals surface area contributed by atoms with E-state index in [-0.39, 0.29) is 11.9 Å². The molecular weight excluding hydrogens is 278 g/mol. The molecule has 1 aromatic carbocycles. The molecule has 4 heteroatoms. The highest BCUT2D eigenvalue weighted by Gasteiger charge is 2.13. The summed E-state index contributed by atoms with van der Waals surface area (Å²) in [5, 5.41) is 4.02. The zero-order valence-corrected chi connectivity index (χ0v) is 13.8. The van der Waals surface area contributed by atoms with E-state index in [0.29, 0.717) is 12.3 Å². The third kappa shape index (κ3) is 4.26. The first-order valence-electron chi connectivity index (χ1n) is 7.83. The number of furan rings is 1. The maximum Gasteiger partial charge on any atom is 0.224 e. The number of hydrogen-bond donors (Lipinski definition) is 1. The van der Waals surface area contributed by atoms with Crippen LogP contribution in [0.25, 0.3) is 11.0 Å². The molecule has 4 nitrogen and oxygen atoms in total. The van der Waals surface area contributed by atoms with Gasteiger partial charge in [-0.2, -0.15) is 0 Å². The fourth-order valence-corrected chi connectivity index (χ4v) is 2.48. The molecule has 120 valence electrons. The second kappa shape index (κ2) is 7.34. The van der Waals surface area contributed by atoms with Crippen LogP contribution in [0, 0.1) is 5.92 Å². The molecule has 0 aliphatic carbocycles. The van der Waals surface area contributed by atoms with E-state index < -0.39 is 0 Å². The summed E-state index contributed by atoms with van der Waals surface area (Å²) >= 11 is 0. The normalized spacial score (nSPS) is 12.6. The summed E-state index contributed by atoms with van der Waals surface area (Å²) < 4.78 is 10.7. The molecule has 22 heavy (non-hydrogen) atoms. The van der Waals surface area contributed by atoms with Gasteiger partial charge in [0.15, 0.2) is 0 Å². The summed E-state index contributed by atoms with van der Waals surface area (Å²) in [6.45, 7) is 6.44. The van der Waals surface area contributed by atoms with E-state index in [4.69, 9.17) is 9.15 Å². The lowest BCUT2D eigenvalue weighted by Gasteiger charge is -2.14. The molecule has 0 aliphatic heterocycles. The Balaban J connectivity index is 1.97. The van der Waals surface area contributed by atoms with Gasteiger partial charge in [0.2, 0.25) is 5.91 Å². The zero-order valence-electron chi connectivity index (χ0n) is 13.8. The summed E-state index contributed by atoms with van der Waals surface area (Å²) in [6, 6.07) is 5.85. The Labute approximate surface area is 131 Å². The number of amides is 1. The lowest BCUT2D eigenvalue weighted by Crippen LogP contribution is -2.33. The fraction of sp³-hybridized carbons (Fsp3) is 0.500. The minimum absolute atomic E-state index is 0.0368. The van der Waals surface area contributed by atoms with Crippen LogP contribution < -0.4 is 10.1 Å². The molecule has 0 unspecified atom stereocenters. The molecule has 2 rings (SSSR count). The predicted octanol–water partition coefficient (Wildman–Crippen LogP) is 3.92.